The molecule has 4 aromatic carbocycles. The average molecular weight is 1710 g/mol. The second kappa shape index (κ2) is 48.9. The summed E-state index contributed by atoms with van der Waals surface area (Å²) in [4.78, 5) is 129. The first-order valence-electron chi connectivity index (χ1n) is 41.5. The fourth-order valence-corrected chi connectivity index (χ4v) is 14.4. The van der Waals surface area contributed by atoms with E-state index in [-0.39, 0.29) is 138 Å². The number of methoxy groups -OCH3 is 1. The van der Waals surface area contributed by atoms with Crippen molar-refractivity contribution in [2.75, 3.05) is 150 Å². The van der Waals surface area contributed by atoms with Crippen LogP contribution in [-0.4, -0.2) is 254 Å². The number of urea groups is 1. The van der Waals surface area contributed by atoms with Gasteiger partial charge in [-0.05, 0) is 68.5 Å². The monoisotopic (exact) mass is 1710 g/mol. The molecule has 0 radical (unpaired) electrons. The lowest BCUT2D eigenvalue weighted by Crippen LogP contribution is -2.46. The molecule has 4 bridgehead atoms. The Morgan fingerprint density at radius 2 is 1.36 bits per heavy atom. The first-order valence-corrected chi connectivity index (χ1v) is 41.5. The molecule has 1 aromatic heterocycles. The number of primary amides is 1. The van der Waals surface area contributed by atoms with Crippen LogP contribution in [0.15, 0.2) is 87.8 Å². The van der Waals surface area contributed by atoms with Crippen LogP contribution in [0.3, 0.4) is 0 Å². The molecule has 4 heterocycles. The maximum Gasteiger partial charge on any atom is 0.410 e. The Labute approximate surface area is 709 Å². The van der Waals surface area contributed by atoms with Gasteiger partial charge in [0.2, 0.25) is 11.8 Å². The number of hydrogen-bond acceptors (Lipinski definition) is 29. The van der Waals surface area contributed by atoms with Crippen molar-refractivity contribution >= 4 is 91.7 Å². The molecule has 11 N–H and O–H groups in total. The average Bonchev–Trinajstić information content (AvgIpc) is 1.44. The molecular weight excluding hydrogens is 1590 g/mol. The number of amides is 6. The molecule has 0 unspecified atom stereocenters. The maximum absolute atomic E-state index is 15.0. The number of benzene rings is 4. The number of ether oxygens (including phenoxy) is 14. The number of nitrogens with two attached hydrogens (primary N) is 2. The number of esters is 1. The number of fused-ring (bicyclic) bond motifs is 2. The number of phenolic OH excluding ortho intramolecular Hbond substituents is 1. The van der Waals surface area contributed by atoms with Gasteiger partial charge < -0.3 is 124 Å². The number of nitrogens with one attached hydrogen (secondary N) is 4. The van der Waals surface area contributed by atoms with Crippen LogP contribution < -0.4 is 47.6 Å². The first kappa shape index (κ1) is 97.7. The minimum Gasteiger partial charge on any atom is -0.505 e. The molecule has 0 aliphatic carbocycles. The zero-order chi connectivity index (χ0) is 88.6. The third-order valence-corrected chi connectivity index (χ3v) is 21.4. The third-order valence-electron chi connectivity index (χ3n) is 21.4. The highest BCUT2D eigenvalue weighted by atomic mass is 16.7. The van der Waals surface area contributed by atoms with Crippen molar-refractivity contribution in [1.82, 2.24) is 20.5 Å². The maximum atomic E-state index is 15.0. The van der Waals surface area contributed by atoms with Gasteiger partial charge in [0.15, 0.2) is 28.1 Å². The van der Waals surface area contributed by atoms with Crippen LogP contribution in [-0.2, 0) is 87.4 Å². The van der Waals surface area contributed by atoms with Crippen LogP contribution >= 0.6 is 0 Å². The lowest BCUT2D eigenvalue weighted by molar-refractivity contribution is -0.160. The quantitative estimate of drug-likeness (QED) is 0.00591. The van der Waals surface area contributed by atoms with E-state index in [1.54, 1.807) is 101 Å². The van der Waals surface area contributed by atoms with Gasteiger partial charge in [-0.1, -0.05) is 71.9 Å². The Morgan fingerprint density at radius 1 is 0.762 bits per heavy atom. The smallest absolute Gasteiger partial charge is 0.410 e. The number of aromatic nitrogens is 1. The van der Waals surface area contributed by atoms with Crippen molar-refractivity contribution in [3.8, 4) is 17.2 Å². The number of Topliss-reactive ketones (excluding diaryl/α,β-unsaturated/α-hetero) is 2. The third kappa shape index (κ3) is 28.1. The number of ketones is 2. The minimum atomic E-state index is -2.14. The predicted octanol–water partition coefficient (Wildman–Crippen LogP) is 7.76. The standard InChI is InChI=1S/C87H122N8O27/c1-51(2)72(93-68(98)26-31-109-34-36-111-38-40-113-42-44-115-46-47-116-45-43-114-41-39-112-37-35-110-33-27-88)65(97)48-60(16-13-28-90-85(89)106)84(105)91-61-19-17-59(18-20-61)50-117-86(107)95-29-23-62(24-30-95)120-63-21-22-64-67(49-63)121-81-73(92-64)69-70-77(101)57(8)80-71(69)82(103)87(10,122-80)118-32-25-66(108-11)54(5)79(119-58(9)96)56(7)76(100)55(6)75(99)52(3)14-12-15-53(4)83(104)94-74(81)78(70)102/h12,14-15,17-22,25,32,49,51-52,54-56,60,62,66,72,75-76,79,99-100,102H,13,16,23-24,26-31,33-48,50,88H2,1-11H3,(H,91,105)(H,93,98)(H,94,104)(H3,89,90,106)/b14-12+,32-25+,53-15-/t52-,54+,55+,56+,60+,66-,72-,75-,76+,79+,87-/m0/s1. The summed E-state index contributed by atoms with van der Waals surface area (Å²) in [5, 5.41) is 46.1. The van der Waals surface area contributed by atoms with Gasteiger partial charge in [0.25, 0.3) is 11.7 Å². The van der Waals surface area contributed by atoms with Gasteiger partial charge in [0.1, 0.15) is 47.0 Å². The number of carbonyl (C=O) groups is 8. The normalized spacial score (nSPS) is 21.9. The molecule has 35 nitrogen and oxygen atoms in total. The fourth-order valence-electron chi connectivity index (χ4n) is 14.4. The summed E-state index contributed by atoms with van der Waals surface area (Å²) in [6.07, 6.45) is 3.30. The summed E-state index contributed by atoms with van der Waals surface area (Å²) in [7, 11) is 1.42. The topological polar surface area (TPSA) is 473 Å². The molecule has 122 heavy (non-hydrogen) atoms. The van der Waals surface area contributed by atoms with Gasteiger partial charge in [-0.25, -0.2) is 14.6 Å². The van der Waals surface area contributed by atoms with Gasteiger partial charge >= 0.3 is 23.9 Å². The van der Waals surface area contributed by atoms with E-state index < -0.39 is 125 Å². The lowest BCUT2D eigenvalue weighted by atomic mass is 9.78. The summed E-state index contributed by atoms with van der Waals surface area (Å²) in [5.41, 5.74) is 10.4. The van der Waals surface area contributed by atoms with Crippen LogP contribution in [0.2, 0.25) is 0 Å². The zero-order valence-corrected chi connectivity index (χ0v) is 71.6. The van der Waals surface area contributed by atoms with Crippen LogP contribution in [0.25, 0.3) is 33.0 Å². The Kier molecular flexibility index (Phi) is 39.2. The first-order chi connectivity index (χ1) is 58.5. The number of aliphatic hydroxyl groups is 2. The number of phenols is 1. The highest BCUT2D eigenvalue weighted by Crippen LogP contribution is 2.49. The number of nitrogens with zero attached hydrogens (tertiary/aromatic N) is 2. The molecule has 3 aliphatic rings. The number of carbonyl (C=O) groups excluding carboxylic acids is 8. The number of rotatable bonds is 43. The summed E-state index contributed by atoms with van der Waals surface area (Å²) >= 11 is 0. The second-order valence-corrected chi connectivity index (χ2v) is 30.9. The van der Waals surface area contributed by atoms with Crippen LogP contribution in [0, 0.1) is 42.4 Å². The molecule has 1 fully saturated rings. The van der Waals surface area contributed by atoms with E-state index in [0.29, 0.717) is 129 Å². The van der Waals surface area contributed by atoms with E-state index in [4.69, 9.17) is 87.2 Å². The van der Waals surface area contributed by atoms with E-state index in [0.717, 1.165) is 0 Å². The van der Waals surface area contributed by atoms with Gasteiger partial charge in [-0.15, -0.1) is 0 Å². The van der Waals surface area contributed by atoms with Crippen molar-refractivity contribution < 1.29 is 124 Å². The number of aliphatic hydroxyl groups excluding tert-OH is 2. The summed E-state index contributed by atoms with van der Waals surface area (Å²) in [6.45, 7) is 23.3. The van der Waals surface area contributed by atoms with Crippen LogP contribution in [0.4, 0.5) is 21.0 Å². The Hall–Kier alpha value is -9.76. The van der Waals surface area contributed by atoms with Crippen LogP contribution in [0.1, 0.15) is 122 Å². The van der Waals surface area contributed by atoms with Gasteiger partial charge in [-0.3, -0.25) is 33.6 Å². The molecule has 35 heteroatoms. The molecular formula is C87H122N8O27. The highest BCUT2D eigenvalue weighted by Gasteiger charge is 2.50. The Balaban J connectivity index is 0.832. The molecule has 672 valence electrons. The predicted molar refractivity (Wildman–Crippen MR) is 449 cm³/mol. The minimum absolute atomic E-state index is 0.0231. The van der Waals surface area contributed by atoms with Crippen molar-refractivity contribution in [1.29, 1.82) is 0 Å². The van der Waals surface area contributed by atoms with E-state index in [1.807, 2.05) is 0 Å². The van der Waals surface area contributed by atoms with Crippen molar-refractivity contribution in [2.24, 2.45) is 47.0 Å². The number of aromatic hydroxyl groups is 1. The highest BCUT2D eigenvalue weighted by molar-refractivity contribution is 6.26. The molecule has 0 saturated carbocycles. The SMILES string of the molecule is CO[C@H]1/C=C/O[C@@]2(C)Oc3c(C)c(=O)c4c(O)c(c5oc6cc(OC7CCN(C(=O)OCc8ccc(NC(=O)[C@H](CCCNC(N)=O)CC(=O)[C@@H](NC(=O)CCOCCOCCOCCOCCOCCOCCOCCOCCN)C(C)C)cc8)CC7)ccc6nc5c4c3C2=O)NC(=O)/C(C)=C\C=C\[C@H](C)[C@H](O)[C@@H](C)[C@@H](O)[C@@H](C)[C@H](OC(C)=O)[C@@H]1C. The Morgan fingerprint density at radius 3 is 1.93 bits per heavy atom. The van der Waals surface area contributed by atoms with E-state index in [1.165, 1.54) is 53.2 Å². The summed E-state index contributed by atoms with van der Waals surface area (Å²) < 4.78 is 86.7. The largest absolute Gasteiger partial charge is 0.505 e. The Bertz CT molecular complexity index is 4470. The van der Waals surface area contributed by atoms with E-state index in [2.05, 4.69) is 21.3 Å². The van der Waals surface area contributed by atoms with E-state index >= 15 is 4.79 Å². The van der Waals surface area contributed by atoms with Gasteiger partial charge in [0, 0.05) is 131 Å². The van der Waals surface area contributed by atoms with Crippen molar-refractivity contribution in [2.45, 2.75) is 157 Å². The number of anilines is 2. The number of piperidine rings is 1. The summed E-state index contributed by atoms with van der Waals surface area (Å²) in [6, 6.07) is 9.81. The van der Waals surface area contributed by atoms with Crippen molar-refractivity contribution in [3.63, 3.8) is 0 Å². The van der Waals surface area contributed by atoms with Crippen LogP contribution in [0.5, 0.6) is 17.2 Å². The zero-order valence-electron chi connectivity index (χ0n) is 71.6. The van der Waals surface area contributed by atoms with Gasteiger partial charge in [-0.2, -0.15) is 0 Å². The summed E-state index contributed by atoms with van der Waals surface area (Å²) in [5.74, 6) is -9.98. The molecule has 11 atom stereocenters. The molecule has 8 rings (SSSR count). The molecule has 0 spiro atoms. The van der Waals surface area contributed by atoms with Gasteiger partial charge in [0.05, 0.1) is 147 Å². The van der Waals surface area contributed by atoms with E-state index in [9.17, 15) is 53.7 Å². The molecule has 5 aromatic rings. The number of hydrogen-bond donors (Lipinski definition) is 9. The molecule has 6 amide bonds. The second-order valence-electron chi connectivity index (χ2n) is 30.9. The number of likely N-dealkylation sites (tertiary alicyclic amines) is 1. The number of allylic oxidation sites excluding steroid dienone is 2. The molecule has 1 saturated heterocycles. The lowest BCUT2D eigenvalue weighted by Gasteiger charge is -2.38. The van der Waals surface area contributed by atoms with Crippen molar-refractivity contribution in [3.05, 3.63) is 106 Å². The fraction of sp³-hybridized carbons (Fsp3) is 0.586. The molecule has 3 aliphatic heterocycles.